The van der Waals surface area contributed by atoms with E-state index in [1.54, 1.807) is 35.3 Å². The average Bonchev–Trinajstić information content (AvgIpc) is 3.45. The van der Waals surface area contributed by atoms with E-state index in [1.807, 2.05) is 6.07 Å². The predicted octanol–water partition coefficient (Wildman–Crippen LogP) is 5.56. The minimum absolute atomic E-state index is 0.251. The summed E-state index contributed by atoms with van der Waals surface area (Å²) in [6.45, 7) is 2.71. The third kappa shape index (κ3) is 8.41. The lowest BCUT2D eigenvalue weighted by Gasteiger charge is -2.11. The number of anilines is 2. The van der Waals surface area contributed by atoms with Crippen LogP contribution in [0.4, 0.5) is 15.2 Å². The normalized spacial score (nSPS) is 10.9. The van der Waals surface area contributed by atoms with E-state index in [-0.39, 0.29) is 18.1 Å². The number of hydrogen-bond donors (Lipinski definition) is 2. The summed E-state index contributed by atoms with van der Waals surface area (Å²) >= 11 is 4.18. The summed E-state index contributed by atoms with van der Waals surface area (Å²) in [5.41, 5.74) is 1.23. The summed E-state index contributed by atoms with van der Waals surface area (Å²) < 4.78 is 13.8. The number of carboxylic acids is 1. The highest BCUT2D eigenvalue weighted by molar-refractivity contribution is 7.99. The maximum absolute atomic E-state index is 13.8. The third-order valence-electron chi connectivity index (χ3n) is 4.89. The van der Waals surface area contributed by atoms with E-state index in [0.717, 1.165) is 27.6 Å². The van der Waals surface area contributed by atoms with E-state index in [1.165, 1.54) is 54.4 Å². The molecule has 0 aliphatic carbocycles. The molecule has 2 heterocycles. The number of rotatable bonds is 14. The Morgan fingerprint density at radius 2 is 1.97 bits per heavy atom. The van der Waals surface area contributed by atoms with Gasteiger partial charge in [-0.2, -0.15) is 0 Å². The molecule has 182 valence electrons. The van der Waals surface area contributed by atoms with Gasteiger partial charge in [-0.1, -0.05) is 32.6 Å². The van der Waals surface area contributed by atoms with E-state index in [9.17, 15) is 19.1 Å². The number of aromatic nitrogens is 1. The number of carbonyl (C=O) groups excluding carboxylic acids is 2. The molecule has 6 nitrogen and oxygen atoms in total. The van der Waals surface area contributed by atoms with Gasteiger partial charge in [0.2, 0.25) is 0 Å². The highest BCUT2D eigenvalue weighted by Gasteiger charge is 2.13. The first-order valence-corrected chi connectivity index (χ1v) is 13.8. The van der Waals surface area contributed by atoms with Crippen LogP contribution >= 0.6 is 34.4 Å². The van der Waals surface area contributed by atoms with E-state index in [2.05, 4.69) is 22.5 Å². The quantitative estimate of drug-likeness (QED) is 0.213. The summed E-state index contributed by atoms with van der Waals surface area (Å²) in [6.07, 6.45) is 5.72. The fraction of sp³-hybridized carbons (Fsp3) is 0.375. The Hall–Kier alpha value is -2.43. The van der Waals surface area contributed by atoms with Crippen molar-refractivity contribution < 1.29 is 19.1 Å². The number of carboxylic acid groups (broad SMARTS) is 1. The van der Waals surface area contributed by atoms with Crippen molar-refractivity contribution in [3.8, 4) is 0 Å². The van der Waals surface area contributed by atoms with Crippen molar-refractivity contribution in [3.05, 3.63) is 57.0 Å². The van der Waals surface area contributed by atoms with Crippen LogP contribution in [0.3, 0.4) is 0 Å². The Morgan fingerprint density at radius 1 is 1.15 bits per heavy atom. The number of nitrogens with zero attached hydrogens (tertiary/aromatic N) is 1. The maximum atomic E-state index is 13.8. The van der Waals surface area contributed by atoms with Gasteiger partial charge in [-0.15, -0.1) is 34.4 Å². The molecule has 1 amide bonds. The topological polar surface area (TPSA) is 94.2 Å². The number of carbonyl (C=O) groups is 2. The number of thioether (sulfide) groups is 1. The number of thiazole rings is 1. The predicted molar refractivity (Wildman–Crippen MR) is 136 cm³/mol. The lowest BCUT2D eigenvalue weighted by atomic mass is 10.2. The number of aliphatic carboxylic acids is 1. The molecule has 0 bridgehead atoms. The summed E-state index contributed by atoms with van der Waals surface area (Å²) in [5, 5.41) is 18.7. The van der Waals surface area contributed by atoms with Gasteiger partial charge in [-0.3, -0.25) is 10.1 Å². The molecule has 0 saturated heterocycles. The second-order valence-corrected chi connectivity index (χ2v) is 10.8. The van der Waals surface area contributed by atoms with Crippen molar-refractivity contribution in [3.63, 3.8) is 0 Å². The summed E-state index contributed by atoms with van der Waals surface area (Å²) in [5.74, 6) is -0.814. The first-order chi connectivity index (χ1) is 16.4. The summed E-state index contributed by atoms with van der Waals surface area (Å²) in [6, 6.07) is 8.38. The zero-order valence-corrected chi connectivity index (χ0v) is 21.3. The number of nitrogens with one attached hydrogen (secondary N) is 2. The fourth-order valence-electron chi connectivity index (χ4n) is 3.18. The molecule has 0 radical (unpaired) electrons. The molecule has 0 saturated carbocycles. The largest absolute Gasteiger partial charge is 0.550 e. The second kappa shape index (κ2) is 13.5. The van der Waals surface area contributed by atoms with Crippen LogP contribution in [0.2, 0.25) is 0 Å². The molecule has 3 rings (SSSR count). The van der Waals surface area contributed by atoms with Gasteiger partial charge in [0.1, 0.15) is 5.82 Å². The SMILES string of the molecule is CCCCCCCSc1cc(F)ccc1NCc1ccc(C(=O)Nc2nc(CC(=O)[O-])cs2)s1. The van der Waals surface area contributed by atoms with Gasteiger partial charge in [-0.05, 0) is 42.5 Å². The van der Waals surface area contributed by atoms with Crippen LogP contribution in [0, 0.1) is 5.82 Å². The lowest BCUT2D eigenvalue weighted by Crippen LogP contribution is -2.24. The molecule has 0 aliphatic rings. The highest BCUT2D eigenvalue weighted by Crippen LogP contribution is 2.30. The van der Waals surface area contributed by atoms with Crippen molar-refractivity contribution in [2.45, 2.75) is 56.9 Å². The maximum Gasteiger partial charge on any atom is 0.267 e. The number of halogens is 1. The van der Waals surface area contributed by atoms with Crippen LogP contribution in [0.25, 0.3) is 0 Å². The average molecular weight is 521 g/mol. The molecular weight excluding hydrogens is 493 g/mol. The Bertz CT molecular complexity index is 1100. The minimum Gasteiger partial charge on any atom is -0.550 e. The van der Waals surface area contributed by atoms with E-state index in [4.69, 9.17) is 0 Å². The Kier molecular flexibility index (Phi) is 10.4. The first-order valence-electron chi connectivity index (χ1n) is 11.1. The summed E-state index contributed by atoms with van der Waals surface area (Å²) in [4.78, 5) is 29.6. The lowest BCUT2D eigenvalue weighted by molar-refractivity contribution is -0.304. The molecule has 2 N–H and O–H groups in total. The molecule has 2 aromatic heterocycles. The van der Waals surface area contributed by atoms with Gasteiger partial charge in [-0.25, -0.2) is 9.37 Å². The van der Waals surface area contributed by atoms with E-state index < -0.39 is 5.97 Å². The van der Waals surface area contributed by atoms with E-state index in [0.29, 0.717) is 22.2 Å². The second-order valence-electron chi connectivity index (χ2n) is 7.67. The van der Waals surface area contributed by atoms with Crippen LogP contribution in [0.1, 0.15) is 59.3 Å². The number of amides is 1. The molecule has 0 atom stereocenters. The van der Waals surface area contributed by atoms with Crippen molar-refractivity contribution in [2.24, 2.45) is 0 Å². The minimum atomic E-state index is -1.21. The molecule has 3 aromatic rings. The van der Waals surface area contributed by atoms with Crippen molar-refractivity contribution >= 4 is 57.1 Å². The van der Waals surface area contributed by atoms with Gasteiger partial charge in [0.15, 0.2) is 5.13 Å². The molecular formula is C24H27FN3O3S3-. The molecule has 0 aliphatic heterocycles. The Morgan fingerprint density at radius 3 is 2.76 bits per heavy atom. The summed E-state index contributed by atoms with van der Waals surface area (Å²) in [7, 11) is 0. The fourth-order valence-corrected chi connectivity index (χ4v) is 5.79. The molecule has 0 unspecified atom stereocenters. The molecule has 34 heavy (non-hydrogen) atoms. The molecule has 0 fully saturated rings. The van der Waals surface area contributed by atoms with Crippen LogP contribution in [0.5, 0.6) is 0 Å². The van der Waals surface area contributed by atoms with Gasteiger partial charge in [0.25, 0.3) is 5.91 Å². The Balaban J connectivity index is 1.52. The third-order valence-corrected chi connectivity index (χ3v) is 7.92. The zero-order chi connectivity index (χ0) is 24.3. The molecule has 10 heteroatoms. The smallest absolute Gasteiger partial charge is 0.267 e. The van der Waals surface area contributed by atoms with Gasteiger partial charge in [0, 0.05) is 39.8 Å². The van der Waals surface area contributed by atoms with Gasteiger partial charge < -0.3 is 15.2 Å². The molecule has 0 spiro atoms. The number of unbranched alkanes of at least 4 members (excludes halogenated alkanes) is 4. The van der Waals surface area contributed by atoms with Crippen LogP contribution in [-0.4, -0.2) is 22.6 Å². The number of hydrogen-bond acceptors (Lipinski definition) is 8. The van der Waals surface area contributed by atoms with Crippen LogP contribution < -0.4 is 15.7 Å². The number of benzene rings is 1. The first kappa shape index (κ1) is 26.2. The zero-order valence-electron chi connectivity index (χ0n) is 18.9. The van der Waals surface area contributed by atoms with Crippen LogP contribution in [0.15, 0.2) is 40.6 Å². The van der Waals surface area contributed by atoms with Crippen molar-refractivity contribution in [2.75, 3.05) is 16.4 Å². The highest BCUT2D eigenvalue weighted by atomic mass is 32.2. The standard InChI is InChI=1S/C24H28FN3O3S3/c1-2-3-4-5-6-11-32-21-12-16(25)7-9-19(21)26-14-18-8-10-20(34-18)23(31)28-24-27-17(15-33-24)13-22(29)30/h7-10,12,15,26H,2-6,11,13-14H2,1H3,(H,29,30)(H,27,28,31)/p-1. The van der Waals surface area contributed by atoms with Gasteiger partial charge >= 0.3 is 0 Å². The van der Waals surface area contributed by atoms with Crippen LogP contribution in [-0.2, 0) is 17.8 Å². The Labute approximate surface area is 211 Å². The van der Waals surface area contributed by atoms with Crippen molar-refractivity contribution in [1.82, 2.24) is 4.98 Å². The van der Waals surface area contributed by atoms with E-state index >= 15 is 0 Å². The van der Waals surface area contributed by atoms with Gasteiger partial charge in [0.05, 0.1) is 10.6 Å². The monoisotopic (exact) mass is 520 g/mol. The van der Waals surface area contributed by atoms with Crippen molar-refractivity contribution in [1.29, 1.82) is 0 Å². The number of thiophene rings is 1. The molecule has 1 aromatic carbocycles.